The summed E-state index contributed by atoms with van der Waals surface area (Å²) in [5, 5.41) is 11.0. The van der Waals surface area contributed by atoms with Crippen LogP contribution in [0.2, 0.25) is 0 Å². The third-order valence-electron chi connectivity index (χ3n) is 3.59. The lowest BCUT2D eigenvalue weighted by Gasteiger charge is -2.11. The first-order valence-electron chi connectivity index (χ1n) is 7.14. The zero-order valence-electron chi connectivity index (χ0n) is 12.4. The minimum absolute atomic E-state index is 0.165. The predicted molar refractivity (Wildman–Crippen MR) is 80.6 cm³/mol. The number of halogens is 3. The number of alkyl halides is 3. The Balaban J connectivity index is 1.68. The van der Waals surface area contributed by atoms with Gasteiger partial charge in [-0.05, 0) is 29.3 Å². The molecule has 7 heteroatoms. The van der Waals surface area contributed by atoms with Crippen molar-refractivity contribution in [3.05, 3.63) is 59.7 Å². The lowest BCUT2D eigenvalue weighted by Crippen LogP contribution is -2.19. The van der Waals surface area contributed by atoms with Crippen LogP contribution in [0, 0.1) is 0 Å². The van der Waals surface area contributed by atoms with Gasteiger partial charge in [-0.2, -0.15) is 13.2 Å². The van der Waals surface area contributed by atoms with Crippen molar-refractivity contribution in [2.45, 2.75) is 25.7 Å². The number of benzene rings is 2. The standard InChI is InChI=1S/C16H15F3N4/c1-10(14-21-15(23-22-14)16(17,18)19)20-9-11-6-7-12-4-2-3-5-13(12)8-11/h2-8,10,20H,9H2,1H3,(H,21,22,23). The van der Waals surface area contributed by atoms with E-state index in [1.165, 1.54) is 0 Å². The predicted octanol–water partition coefficient (Wildman–Crippen LogP) is 3.83. The normalized spacial score (nSPS) is 13.4. The topological polar surface area (TPSA) is 53.6 Å². The van der Waals surface area contributed by atoms with Crippen LogP contribution in [0.3, 0.4) is 0 Å². The maximum Gasteiger partial charge on any atom is 0.453 e. The van der Waals surface area contributed by atoms with E-state index >= 15 is 0 Å². The molecule has 0 fully saturated rings. The first kappa shape index (κ1) is 15.5. The second kappa shape index (κ2) is 6.00. The lowest BCUT2D eigenvalue weighted by molar-refractivity contribution is -0.144. The molecule has 0 spiro atoms. The summed E-state index contributed by atoms with van der Waals surface area (Å²) in [5.41, 5.74) is 1.05. The molecular formula is C16H15F3N4. The van der Waals surface area contributed by atoms with Crippen LogP contribution >= 0.6 is 0 Å². The van der Waals surface area contributed by atoms with Gasteiger partial charge < -0.3 is 5.32 Å². The number of aromatic nitrogens is 3. The van der Waals surface area contributed by atoms with E-state index in [4.69, 9.17) is 0 Å². The van der Waals surface area contributed by atoms with Crippen LogP contribution in [0.25, 0.3) is 10.8 Å². The van der Waals surface area contributed by atoms with Gasteiger partial charge in [0.2, 0.25) is 0 Å². The maximum absolute atomic E-state index is 12.5. The highest BCUT2D eigenvalue weighted by molar-refractivity contribution is 5.82. The molecule has 1 aromatic heterocycles. The second-order valence-corrected chi connectivity index (χ2v) is 5.33. The maximum atomic E-state index is 12.5. The van der Waals surface area contributed by atoms with E-state index in [9.17, 15) is 13.2 Å². The number of nitrogens with zero attached hydrogens (tertiary/aromatic N) is 2. The van der Waals surface area contributed by atoms with Crippen LogP contribution in [0.4, 0.5) is 13.2 Å². The summed E-state index contributed by atoms with van der Waals surface area (Å²) < 4.78 is 37.5. The molecule has 0 saturated heterocycles. The Morgan fingerprint density at radius 2 is 1.87 bits per heavy atom. The van der Waals surface area contributed by atoms with E-state index in [0.717, 1.165) is 16.3 Å². The molecule has 0 saturated carbocycles. The summed E-state index contributed by atoms with van der Waals surface area (Å²) in [7, 11) is 0. The van der Waals surface area contributed by atoms with Crippen molar-refractivity contribution >= 4 is 10.8 Å². The van der Waals surface area contributed by atoms with Crippen LogP contribution in [0.1, 0.15) is 30.2 Å². The molecule has 0 bridgehead atoms. The summed E-state index contributed by atoms with van der Waals surface area (Å²) in [6.07, 6.45) is -4.53. The SMILES string of the molecule is CC(NCc1ccc2ccccc2c1)c1nc(C(F)(F)F)n[nH]1. The van der Waals surface area contributed by atoms with Crippen molar-refractivity contribution in [1.29, 1.82) is 0 Å². The van der Waals surface area contributed by atoms with Gasteiger partial charge in [-0.1, -0.05) is 36.4 Å². The van der Waals surface area contributed by atoms with Crippen molar-refractivity contribution < 1.29 is 13.2 Å². The third-order valence-corrected chi connectivity index (χ3v) is 3.59. The Morgan fingerprint density at radius 3 is 2.57 bits per heavy atom. The van der Waals surface area contributed by atoms with E-state index in [2.05, 4.69) is 26.6 Å². The molecular weight excluding hydrogens is 305 g/mol. The molecule has 1 unspecified atom stereocenters. The van der Waals surface area contributed by atoms with E-state index in [1.807, 2.05) is 36.4 Å². The molecule has 4 nitrogen and oxygen atoms in total. The van der Waals surface area contributed by atoms with E-state index in [1.54, 1.807) is 6.92 Å². The Bertz CT molecular complexity index is 810. The Hall–Kier alpha value is -2.41. The van der Waals surface area contributed by atoms with Crippen LogP contribution < -0.4 is 5.32 Å². The van der Waals surface area contributed by atoms with E-state index in [0.29, 0.717) is 6.54 Å². The van der Waals surface area contributed by atoms with Crippen molar-refractivity contribution in [1.82, 2.24) is 20.5 Å². The van der Waals surface area contributed by atoms with E-state index in [-0.39, 0.29) is 11.9 Å². The van der Waals surface area contributed by atoms with Gasteiger partial charge in [0.25, 0.3) is 5.82 Å². The van der Waals surface area contributed by atoms with Crippen molar-refractivity contribution in [2.75, 3.05) is 0 Å². The zero-order valence-corrected chi connectivity index (χ0v) is 12.4. The van der Waals surface area contributed by atoms with Gasteiger partial charge in [0.1, 0.15) is 5.82 Å². The lowest BCUT2D eigenvalue weighted by atomic mass is 10.1. The molecule has 1 heterocycles. The first-order valence-corrected chi connectivity index (χ1v) is 7.14. The fourth-order valence-corrected chi connectivity index (χ4v) is 2.31. The summed E-state index contributed by atoms with van der Waals surface area (Å²) >= 11 is 0. The zero-order chi connectivity index (χ0) is 16.4. The third kappa shape index (κ3) is 3.50. The van der Waals surface area contributed by atoms with E-state index < -0.39 is 12.0 Å². The quantitative estimate of drug-likeness (QED) is 0.768. The largest absolute Gasteiger partial charge is 0.453 e. The Kier molecular flexibility index (Phi) is 4.04. The summed E-state index contributed by atoms with van der Waals surface area (Å²) in [5.74, 6) is -0.982. The minimum atomic E-state index is -4.53. The van der Waals surface area contributed by atoms with Crippen LogP contribution in [0.5, 0.6) is 0 Å². The summed E-state index contributed by atoms with van der Waals surface area (Å²) in [4.78, 5) is 3.49. The van der Waals surface area contributed by atoms with Crippen molar-refractivity contribution in [3.63, 3.8) is 0 Å². The van der Waals surface area contributed by atoms with Crippen LogP contribution in [-0.4, -0.2) is 15.2 Å². The highest BCUT2D eigenvalue weighted by Crippen LogP contribution is 2.26. The average molecular weight is 320 g/mol. The molecule has 2 aromatic carbocycles. The molecule has 0 amide bonds. The van der Waals surface area contributed by atoms with Crippen LogP contribution in [-0.2, 0) is 12.7 Å². The van der Waals surface area contributed by atoms with Gasteiger partial charge >= 0.3 is 6.18 Å². The number of hydrogen-bond donors (Lipinski definition) is 2. The fraction of sp³-hybridized carbons (Fsp3) is 0.250. The fourth-order valence-electron chi connectivity index (χ4n) is 2.31. The molecule has 3 aromatic rings. The highest BCUT2D eigenvalue weighted by Gasteiger charge is 2.36. The summed E-state index contributed by atoms with van der Waals surface area (Å²) in [6, 6.07) is 13.7. The highest BCUT2D eigenvalue weighted by atomic mass is 19.4. The number of H-pyrrole nitrogens is 1. The number of aromatic amines is 1. The van der Waals surface area contributed by atoms with Gasteiger partial charge in [-0.15, -0.1) is 5.10 Å². The van der Waals surface area contributed by atoms with Gasteiger partial charge in [0.15, 0.2) is 0 Å². The molecule has 0 radical (unpaired) electrons. The molecule has 120 valence electrons. The molecule has 23 heavy (non-hydrogen) atoms. The number of hydrogen-bond acceptors (Lipinski definition) is 3. The second-order valence-electron chi connectivity index (χ2n) is 5.33. The average Bonchev–Trinajstić information content (AvgIpc) is 3.02. The molecule has 0 aliphatic rings. The van der Waals surface area contributed by atoms with Gasteiger partial charge in [0, 0.05) is 6.54 Å². The molecule has 2 N–H and O–H groups in total. The monoisotopic (exact) mass is 320 g/mol. The van der Waals surface area contributed by atoms with Crippen molar-refractivity contribution in [2.24, 2.45) is 0 Å². The van der Waals surface area contributed by atoms with Gasteiger partial charge in [-0.25, -0.2) is 4.98 Å². The van der Waals surface area contributed by atoms with Gasteiger partial charge in [-0.3, -0.25) is 5.10 Å². The number of nitrogens with one attached hydrogen (secondary N) is 2. The molecule has 1 atom stereocenters. The van der Waals surface area contributed by atoms with Gasteiger partial charge in [0.05, 0.1) is 6.04 Å². The Labute approximate surface area is 130 Å². The molecule has 0 aliphatic carbocycles. The summed E-state index contributed by atoms with van der Waals surface area (Å²) in [6.45, 7) is 2.26. The molecule has 3 rings (SSSR count). The van der Waals surface area contributed by atoms with Crippen molar-refractivity contribution in [3.8, 4) is 0 Å². The smallest absolute Gasteiger partial charge is 0.303 e. The minimum Gasteiger partial charge on any atom is -0.303 e. The Morgan fingerprint density at radius 1 is 1.13 bits per heavy atom. The van der Waals surface area contributed by atoms with Crippen LogP contribution in [0.15, 0.2) is 42.5 Å². The first-order chi connectivity index (χ1) is 10.9. The number of fused-ring (bicyclic) bond motifs is 1. The molecule has 0 aliphatic heterocycles. The number of rotatable bonds is 4.